The average Bonchev–Trinajstić information content (AvgIpc) is 3.08. The molecule has 2 heteroatoms. The predicted molar refractivity (Wildman–Crippen MR) is 133 cm³/mol. The molecule has 3 fully saturated rings. The average molecular weight is 441 g/mol. The highest BCUT2D eigenvalue weighted by atomic mass is 16.5. The zero-order chi connectivity index (χ0) is 23.3. The van der Waals surface area contributed by atoms with Crippen LogP contribution in [-0.2, 0) is 9.53 Å². The van der Waals surface area contributed by atoms with Crippen molar-refractivity contribution in [3.05, 3.63) is 23.8 Å². The fraction of sp³-hybridized carbons (Fsp3) is 0.833. The van der Waals surface area contributed by atoms with E-state index in [1.54, 1.807) is 12.5 Å². The van der Waals surface area contributed by atoms with Crippen LogP contribution in [0.25, 0.3) is 0 Å². The zero-order valence-electron chi connectivity index (χ0n) is 21.8. The maximum absolute atomic E-state index is 11.5. The SMILES string of the molecule is CC(=O)O[C@H]1CC[C@@]2(C)C(=CC[C@H]3[C@@H]4CC[C@H]([C@@H](C)C=C[C@H](C)C(C)C)[C@@]4(C)CC[C@@H]32)C1. The second kappa shape index (κ2) is 8.95. The molecule has 9 atom stereocenters. The summed E-state index contributed by atoms with van der Waals surface area (Å²) in [7, 11) is 0. The van der Waals surface area contributed by atoms with Crippen LogP contribution in [0.15, 0.2) is 23.8 Å². The van der Waals surface area contributed by atoms with Gasteiger partial charge in [-0.2, -0.15) is 0 Å². The molecule has 4 aliphatic rings. The molecule has 0 N–H and O–H groups in total. The van der Waals surface area contributed by atoms with Crippen molar-refractivity contribution in [2.45, 2.75) is 106 Å². The minimum atomic E-state index is -0.121. The highest BCUT2D eigenvalue weighted by molar-refractivity contribution is 5.66. The second-order valence-electron chi connectivity index (χ2n) is 12.8. The maximum atomic E-state index is 11.5. The van der Waals surface area contributed by atoms with Crippen molar-refractivity contribution >= 4 is 5.97 Å². The molecule has 0 amide bonds. The Morgan fingerprint density at radius 3 is 2.47 bits per heavy atom. The molecule has 4 aliphatic carbocycles. The van der Waals surface area contributed by atoms with E-state index >= 15 is 0 Å². The van der Waals surface area contributed by atoms with Gasteiger partial charge in [-0.15, -0.1) is 0 Å². The third-order valence-corrected chi connectivity index (χ3v) is 10.9. The molecule has 0 saturated heterocycles. The van der Waals surface area contributed by atoms with Crippen molar-refractivity contribution in [2.75, 3.05) is 0 Å². The van der Waals surface area contributed by atoms with Crippen molar-refractivity contribution in [3.63, 3.8) is 0 Å². The molecule has 180 valence electrons. The molecule has 2 nitrogen and oxygen atoms in total. The molecule has 32 heavy (non-hydrogen) atoms. The number of carbonyl (C=O) groups is 1. The summed E-state index contributed by atoms with van der Waals surface area (Å²) in [6, 6.07) is 0. The molecular formula is C30H48O2. The lowest BCUT2D eigenvalue weighted by molar-refractivity contribution is -0.148. The number of esters is 1. The molecule has 0 radical (unpaired) electrons. The number of hydrogen-bond acceptors (Lipinski definition) is 2. The van der Waals surface area contributed by atoms with Crippen LogP contribution in [0.1, 0.15) is 99.8 Å². The quantitative estimate of drug-likeness (QED) is 0.320. The Kier molecular flexibility index (Phi) is 6.74. The smallest absolute Gasteiger partial charge is 0.302 e. The van der Waals surface area contributed by atoms with Gasteiger partial charge in [-0.25, -0.2) is 0 Å². The Morgan fingerprint density at radius 2 is 1.78 bits per heavy atom. The monoisotopic (exact) mass is 440 g/mol. The van der Waals surface area contributed by atoms with Crippen LogP contribution in [0.2, 0.25) is 0 Å². The fourth-order valence-corrected chi connectivity index (χ4v) is 8.57. The van der Waals surface area contributed by atoms with Gasteiger partial charge in [-0.1, -0.05) is 65.3 Å². The molecule has 4 rings (SSSR count). The third kappa shape index (κ3) is 4.14. The molecule has 0 aromatic carbocycles. The van der Waals surface area contributed by atoms with Crippen LogP contribution >= 0.6 is 0 Å². The van der Waals surface area contributed by atoms with Gasteiger partial charge in [-0.05, 0) is 97.2 Å². The Bertz CT molecular complexity index is 763. The molecule has 0 aliphatic heterocycles. The number of fused-ring (bicyclic) bond motifs is 5. The van der Waals surface area contributed by atoms with Gasteiger partial charge >= 0.3 is 5.97 Å². The summed E-state index contributed by atoms with van der Waals surface area (Å²) in [6.07, 6.45) is 17.8. The largest absolute Gasteiger partial charge is 0.462 e. The Morgan fingerprint density at radius 1 is 1.03 bits per heavy atom. The molecule has 0 aromatic heterocycles. The molecule has 0 aromatic rings. The lowest BCUT2D eigenvalue weighted by atomic mass is 9.47. The van der Waals surface area contributed by atoms with Gasteiger partial charge in [0.25, 0.3) is 0 Å². The van der Waals surface area contributed by atoms with Crippen LogP contribution in [0.3, 0.4) is 0 Å². The molecule has 3 saturated carbocycles. The standard InChI is InChI=1S/C30H48O2/c1-19(2)20(3)8-9-21(4)26-12-13-27-25-11-10-23-18-24(32-22(5)31)14-16-29(23,6)28(25)15-17-30(26,27)7/h8-10,19-21,24-28H,11-18H2,1-7H3/t20-,21-,24-,25-,26+,27-,28-,29-,30+/m0/s1. The first kappa shape index (κ1) is 24.1. The molecule has 0 bridgehead atoms. The van der Waals surface area contributed by atoms with Crippen LogP contribution in [0.5, 0.6) is 0 Å². The van der Waals surface area contributed by atoms with E-state index < -0.39 is 0 Å². The normalized spacial score (nSPS) is 43.2. The van der Waals surface area contributed by atoms with Crippen LogP contribution in [0, 0.1) is 52.3 Å². The van der Waals surface area contributed by atoms with E-state index in [0.717, 1.165) is 42.4 Å². The Balaban J connectivity index is 1.50. The van der Waals surface area contributed by atoms with Crippen LogP contribution < -0.4 is 0 Å². The van der Waals surface area contributed by atoms with E-state index in [-0.39, 0.29) is 12.1 Å². The van der Waals surface area contributed by atoms with Gasteiger partial charge in [0, 0.05) is 13.3 Å². The first-order valence-corrected chi connectivity index (χ1v) is 13.6. The lowest BCUT2D eigenvalue weighted by Gasteiger charge is -2.58. The summed E-state index contributed by atoms with van der Waals surface area (Å²) < 4.78 is 5.62. The predicted octanol–water partition coefficient (Wildman–Crippen LogP) is 7.98. The molecular weight excluding hydrogens is 392 g/mol. The van der Waals surface area contributed by atoms with Crippen LogP contribution in [0.4, 0.5) is 0 Å². The third-order valence-electron chi connectivity index (χ3n) is 10.9. The molecule has 0 unspecified atom stereocenters. The second-order valence-corrected chi connectivity index (χ2v) is 12.8. The van der Waals surface area contributed by atoms with E-state index in [1.165, 1.54) is 38.5 Å². The van der Waals surface area contributed by atoms with Crippen molar-refractivity contribution in [3.8, 4) is 0 Å². The van der Waals surface area contributed by atoms with E-state index in [1.807, 2.05) is 0 Å². The minimum Gasteiger partial charge on any atom is -0.462 e. The maximum Gasteiger partial charge on any atom is 0.302 e. The van der Waals surface area contributed by atoms with Crippen molar-refractivity contribution < 1.29 is 9.53 Å². The first-order chi connectivity index (χ1) is 15.1. The number of allylic oxidation sites excluding steroid dienone is 3. The summed E-state index contributed by atoms with van der Waals surface area (Å²) in [5.41, 5.74) is 2.44. The van der Waals surface area contributed by atoms with E-state index in [9.17, 15) is 4.79 Å². The molecule has 0 heterocycles. The topological polar surface area (TPSA) is 26.3 Å². The van der Waals surface area contributed by atoms with Gasteiger partial charge in [0.15, 0.2) is 0 Å². The minimum absolute atomic E-state index is 0.106. The highest BCUT2D eigenvalue weighted by Crippen LogP contribution is 2.67. The lowest BCUT2D eigenvalue weighted by Crippen LogP contribution is -2.51. The van der Waals surface area contributed by atoms with Crippen molar-refractivity contribution in [2.24, 2.45) is 52.3 Å². The van der Waals surface area contributed by atoms with Gasteiger partial charge in [0.05, 0.1) is 0 Å². The summed E-state index contributed by atoms with van der Waals surface area (Å²) in [4.78, 5) is 11.5. The van der Waals surface area contributed by atoms with Crippen molar-refractivity contribution in [1.29, 1.82) is 0 Å². The Labute approximate surface area is 197 Å². The number of ether oxygens (including phenoxy) is 1. The molecule has 0 spiro atoms. The summed E-state index contributed by atoms with van der Waals surface area (Å²) in [5.74, 6) is 5.35. The highest BCUT2D eigenvalue weighted by Gasteiger charge is 2.59. The zero-order valence-corrected chi connectivity index (χ0v) is 21.8. The van der Waals surface area contributed by atoms with Crippen molar-refractivity contribution in [1.82, 2.24) is 0 Å². The summed E-state index contributed by atoms with van der Waals surface area (Å²) >= 11 is 0. The van der Waals surface area contributed by atoms with Gasteiger partial charge < -0.3 is 4.74 Å². The summed E-state index contributed by atoms with van der Waals surface area (Å²) in [5, 5.41) is 0. The fourth-order valence-electron chi connectivity index (χ4n) is 8.57. The van der Waals surface area contributed by atoms with Gasteiger partial charge in [0.1, 0.15) is 6.10 Å². The van der Waals surface area contributed by atoms with Gasteiger partial charge in [0.2, 0.25) is 0 Å². The number of rotatable bonds is 5. The van der Waals surface area contributed by atoms with E-state index in [2.05, 4.69) is 59.8 Å². The van der Waals surface area contributed by atoms with E-state index in [4.69, 9.17) is 4.74 Å². The first-order valence-electron chi connectivity index (χ1n) is 13.6. The summed E-state index contributed by atoms with van der Waals surface area (Å²) in [6.45, 7) is 16.3. The van der Waals surface area contributed by atoms with Gasteiger partial charge in [-0.3, -0.25) is 4.79 Å². The number of carbonyl (C=O) groups excluding carboxylic acids is 1. The Hall–Kier alpha value is -1.05. The van der Waals surface area contributed by atoms with E-state index in [0.29, 0.717) is 22.7 Å². The number of hydrogen-bond donors (Lipinski definition) is 0. The van der Waals surface area contributed by atoms with Crippen LogP contribution in [-0.4, -0.2) is 12.1 Å².